The van der Waals surface area contributed by atoms with Crippen molar-refractivity contribution in [1.82, 2.24) is 0 Å². The van der Waals surface area contributed by atoms with Gasteiger partial charge in [-0.25, -0.2) is 4.79 Å². The Kier molecular flexibility index (Phi) is 4.06. The fourth-order valence-electron chi connectivity index (χ4n) is 1.17. The van der Waals surface area contributed by atoms with Crippen LogP contribution in [-0.4, -0.2) is 23.1 Å². The van der Waals surface area contributed by atoms with Crippen molar-refractivity contribution >= 4 is 29.3 Å². The molecule has 1 rings (SSSR count). The third-order valence-electron chi connectivity index (χ3n) is 1.90. The van der Waals surface area contributed by atoms with Crippen molar-refractivity contribution in [2.24, 2.45) is 0 Å². The van der Waals surface area contributed by atoms with Gasteiger partial charge in [0.25, 0.3) is 5.69 Å². The van der Waals surface area contributed by atoms with E-state index in [9.17, 15) is 14.9 Å². The molecule has 0 amide bonds. The predicted molar refractivity (Wildman–Crippen MR) is 61.3 cm³/mol. The molecule has 0 aromatic heterocycles. The van der Waals surface area contributed by atoms with Gasteiger partial charge >= 0.3 is 5.97 Å². The second-order valence-corrected chi connectivity index (χ2v) is 3.38. The highest BCUT2D eigenvalue weighted by Gasteiger charge is 2.16. The summed E-state index contributed by atoms with van der Waals surface area (Å²) in [6, 6.07) is 2.42. The first-order valence-corrected chi connectivity index (χ1v) is 4.76. The molecule has 0 atom stereocenters. The molecule has 0 bridgehead atoms. The second kappa shape index (κ2) is 5.31. The standard InChI is InChI=1S/C10H8ClNO5/c1-17-9-4-6(2-3-10(13)14)8(12(15)16)5-7(9)11/h2-5H,1H3,(H,13,14)/b3-2+. The van der Waals surface area contributed by atoms with Crippen molar-refractivity contribution in [3.05, 3.63) is 38.9 Å². The maximum Gasteiger partial charge on any atom is 0.328 e. The number of rotatable bonds is 4. The largest absolute Gasteiger partial charge is 0.495 e. The highest BCUT2D eigenvalue weighted by atomic mass is 35.5. The summed E-state index contributed by atoms with van der Waals surface area (Å²) in [5.74, 6) is -0.962. The number of methoxy groups -OCH3 is 1. The molecule has 0 heterocycles. The number of ether oxygens (including phenoxy) is 1. The predicted octanol–water partition coefficient (Wildman–Crippen LogP) is 2.35. The maximum atomic E-state index is 10.7. The fraction of sp³-hybridized carbons (Fsp3) is 0.100. The third kappa shape index (κ3) is 3.18. The number of aliphatic carboxylic acids is 1. The van der Waals surface area contributed by atoms with Crippen LogP contribution in [0.1, 0.15) is 5.56 Å². The van der Waals surface area contributed by atoms with E-state index in [2.05, 4.69) is 0 Å². The Hall–Kier alpha value is -2.08. The summed E-state index contributed by atoms with van der Waals surface area (Å²) in [5, 5.41) is 19.3. The van der Waals surface area contributed by atoms with E-state index >= 15 is 0 Å². The first-order chi connectivity index (χ1) is 7.95. The Morgan fingerprint density at radius 1 is 1.59 bits per heavy atom. The quantitative estimate of drug-likeness (QED) is 0.508. The molecule has 90 valence electrons. The van der Waals surface area contributed by atoms with Crippen molar-refractivity contribution in [1.29, 1.82) is 0 Å². The average molecular weight is 258 g/mol. The van der Waals surface area contributed by atoms with Gasteiger partial charge in [-0.05, 0) is 12.1 Å². The number of carboxylic acid groups (broad SMARTS) is 1. The van der Waals surface area contributed by atoms with Crippen LogP contribution >= 0.6 is 11.6 Å². The molecule has 1 N–H and O–H groups in total. The molecule has 0 spiro atoms. The Balaban J connectivity index is 3.33. The van der Waals surface area contributed by atoms with E-state index in [1.54, 1.807) is 0 Å². The number of carbonyl (C=O) groups is 1. The van der Waals surface area contributed by atoms with Gasteiger partial charge in [-0.2, -0.15) is 0 Å². The van der Waals surface area contributed by atoms with Crippen molar-refractivity contribution in [2.45, 2.75) is 0 Å². The normalized spacial score (nSPS) is 10.5. The molecule has 1 aromatic rings. The smallest absolute Gasteiger partial charge is 0.328 e. The summed E-state index contributed by atoms with van der Waals surface area (Å²) < 4.78 is 4.89. The van der Waals surface area contributed by atoms with Crippen LogP contribution in [0.5, 0.6) is 5.75 Å². The fourth-order valence-corrected chi connectivity index (χ4v) is 1.40. The first kappa shape index (κ1) is 13.0. The topological polar surface area (TPSA) is 89.7 Å². The third-order valence-corrected chi connectivity index (χ3v) is 2.20. The van der Waals surface area contributed by atoms with Gasteiger partial charge in [0, 0.05) is 12.1 Å². The molecule has 0 radical (unpaired) electrons. The number of hydrogen-bond acceptors (Lipinski definition) is 4. The summed E-state index contributed by atoms with van der Waals surface area (Å²) >= 11 is 5.74. The number of carboxylic acids is 1. The highest BCUT2D eigenvalue weighted by Crippen LogP contribution is 2.32. The zero-order valence-corrected chi connectivity index (χ0v) is 9.47. The van der Waals surface area contributed by atoms with Gasteiger partial charge in [-0.3, -0.25) is 10.1 Å². The lowest BCUT2D eigenvalue weighted by Crippen LogP contribution is -1.95. The van der Waals surface area contributed by atoms with E-state index in [0.717, 1.165) is 18.2 Å². The van der Waals surface area contributed by atoms with Crippen LogP contribution < -0.4 is 4.74 Å². The van der Waals surface area contributed by atoms with Crippen LogP contribution in [0, 0.1) is 10.1 Å². The zero-order chi connectivity index (χ0) is 13.0. The molecule has 0 aliphatic rings. The van der Waals surface area contributed by atoms with E-state index < -0.39 is 10.9 Å². The zero-order valence-electron chi connectivity index (χ0n) is 8.71. The molecule has 0 saturated heterocycles. The van der Waals surface area contributed by atoms with Gasteiger partial charge in [-0.15, -0.1) is 0 Å². The molecule has 1 aromatic carbocycles. The Morgan fingerprint density at radius 2 is 2.24 bits per heavy atom. The lowest BCUT2D eigenvalue weighted by Gasteiger charge is -2.04. The van der Waals surface area contributed by atoms with E-state index in [-0.39, 0.29) is 22.0 Å². The van der Waals surface area contributed by atoms with Crippen molar-refractivity contribution in [3.63, 3.8) is 0 Å². The number of nitro benzene ring substituents is 1. The SMILES string of the molecule is COc1cc(/C=C/C(=O)O)c([N+](=O)[O-])cc1Cl. The molecule has 0 unspecified atom stereocenters. The number of halogens is 1. The van der Waals surface area contributed by atoms with Gasteiger partial charge < -0.3 is 9.84 Å². The minimum Gasteiger partial charge on any atom is -0.495 e. The van der Waals surface area contributed by atoms with E-state index in [1.807, 2.05) is 0 Å². The molecule has 0 aliphatic heterocycles. The van der Waals surface area contributed by atoms with Crippen molar-refractivity contribution in [3.8, 4) is 5.75 Å². The second-order valence-electron chi connectivity index (χ2n) is 2.97. The van der Waals surface area contributed by atoms with Crippen LogP contribution in [0.2, 0.25) is 5.02 Å². The van der Waals surface area contributed by atoms with Crippen LogP contribution in [0.3, 0.4) is 0 Å². The van der Waals surface area contributed by atoms with Crippen molar-refractivity contribution < 1.29 is 19.6 Å². The number of benzene rings is 1. The molecule has 7 heteroatoms. The lowest BCUT2D eigenvalue weighted by molar-refractivity contribution is -0.385. The van der Waals surface area contributed by atoms with Gasteiger partial charge in [-0.1, -0.05) is 11.6 Å². The van der Waals surface area contributed by atoms with Crippen LogP contribution in [-0.2, 0) is 4.79 Å². The minimum atomic E-state index is -1.20. The molecule has 6 nitrogen and oxygen atoms in total. The maximum absolute atomic E-state index is 10.7. The number of nitro groups is 1. The van der Waals surface area contributed by atoms with Crippen LogP contribution in [0.4, 0.5) is 5.69 Å². The monoisotopic (exact) mass is 257 g/mol. The molecule has 17 heavy (non-hydrogen) atoms. The molecule has 0 saturated carbocycles. The number of nitrogens with zero attached hydrogens (tertiary/aromatic N) is 1. The Bertz CT molecular complexity index is 498. The lowest BCUT2D eigenvalue weighted by atomic mass is 10.1. The summed E-state index contributed by atoms with van der Waals surface area (Å²) in [4.78, 5) is 20.5. The van der Waals surface area contributed by atoms with E-state index in [1.165, 1.54) is 13.2 Å². The summed E-state index contributed by atoms with van der Waals surface area (Å²) in [6.45, 7) is 0. The average Bonchev–Trinajstić information content (AvgIpc) is 2.26. The molecule has 0 aliphatic carbocycles. The summed E-state index contributed by atoms with van der Waals surface area (Å²) in [7, 11) is 1.36. The van der Waals surface area contributed by atoms with Gasteiger partial charge in [0.1, 0.15) is 5.75 Å². The van der Waals surface area contributed by atoms with E-state index in [4.69, 9.17) is 21.4 Å². The van der Waals surface area contributed by atoms with Gasteiger partial charge in [0.05, 0.1) is 22.6 Å². The van der Waals surface area contributed by atoms with Gasteiger partial charge in [0.2, 0.25) is 0 Å². The van der Waals surface area contributed by atoms with Crippen LogP contribution in [0.15, 0.2) is 18.2 Å². The summed E-state index contributed by atoms with van der Waals surface area (Å²) in [6.07, 6.45) is 1.91. The van der Waals surface area contributed by atoms with Crippen molar-refractivity contribution in [2.75, 3.05) is 7.11 Å². The van der Waals surface area contributed by atoms with Crippen LogP contribution in [0.25, 0.3) is 6.08 Å². The Morgan fingerprint density at radius 3 is 2.71 bits per heavy atom. The summed E-state index contributed by atoms with van der Waals surface area (Å²) in [5.41, 5.74) is -0.174. The minimum absolute atomic E-state index is 0.0895. The molecule has 0 fully saturated rings. The van der Waals surface area contributed by atoms with Gasteiger partial charge in [0.15, 0.2) is 0 Å². The number of hydrogen-bond donors (Lipinski definition) is 1. The molecular weight excluding hydrogens is 250 g/mol. The molecular formula is C10H8ClNO5. The first-order valence-electron chi connectivity index (χ1n) is 4.38. The highest BCUT2D eigenvalue weighted by molar-refractivity contribution is 6.32. The Labute approximate surface area is 101 Å². The van der Waals surface area contributed by atoms with E-state index in [0.29, 0.717) is 0 Å².